The summed E-state index contributed by atoms with van der Waals surface area (Å²) in [6.45, 7) is -0.533. The van der Waals surface area contributed by atoms with E-state index in [4.69, 9.17) is 28.5 Å². The van der Waals surface area contributed by atoms with Gasteiger partial charge in [0.25, 0.3) is 0 Å². The van der Waals surface area contributed by atoms with Crippen molar-refractivity contribution in [3.8, 4) is 11.5 Å². The van der Waals surface area contributed by atoms with E-state index >= 15 is 0 Å². The molecule has 0 saturated carbocycles. The highest BCUT2D eigenvalue weighted by atomic mass is 16.5. The van der Waals surface area contributed by atoms with Crippen LogP contribution in [0.1, 0.15) is 11.5 Å². The number of carboxylic acid groups (broad SMARTS) is 2. The van der Waals surface area contributed by atoms with Crippen molar-refractivity contribution >= 4 is 33.9 Å². The largest absolute Gasteiger partial charge is 0.490 e. The molecule has 0 aliphatic carbocycles. The van der Waals surface area contributed by atoms with Crippen LogP contribution in [0.2, 0.25) is 0 Å². The Morgan fingerprint density at radius 1 is 0.750 bits per heavy atom. The summed E-state index contributed by atoms with van der Waals surface area (Å²) in [6, 6.07) is 11.3. The van der Waals surface area contributed by atoms with Gasteiger partial charge in [-0.2, -0.15) is 0 Å². The van der Waals surface area contributed by atoms with Crippen LogP contribution in [0.15, 0.2) is 67.0 Å². The lowest BCUT2D eigenvalue weighted by atomic mass is 10.2. The molecule has 0 unspecified atom stereocenters. The quantitative estimate of drug-likeness (QED) is 0.293. The number of carbonyl (C=O) groups is 2. The minimum absolute atomic E-state index is 0.000213. The molecule has 0 radical (unpaired) electrons. The number of carboxylic acids is 2. The molecule has 3 N–H and O–H groups in total. The fourth-order valence-corrected chi connectivity index (χ4v) is 3.59. The van der Waals surface area contributed by atoms with Crippen LogP contribution in [-0.4, -0.2) is 46.6 Å². The van der Waals surface area contributed by atoms with Gasteiger partial charge in [0.05, 0.1) is 0 Å². The van der Waals surface area contributed by atoms with E-state index in [2.05, 4.69) is 0 Å². The first-order valence-electron chi connectivity index (χ1n) is 10.7. The normalized spacial score (nSPS) is 11.2. The average Bonchev–Trinajstić information content (AvgIpc) is 2.80. The molecule has 4 aromatic rings. The molecule has 11 nitrogen and oxygen atoms in total. The third-order valence-electron chi connectivity index (χ3n) is 5.05. The molecule has 186 valence electrons. The Balaban J connectivity index is 1.46. The summed E-state index contributed by atoms with van der Waals surface area (Å²) in [5.41, 5.74) is -0.685. The van der Waals surface area contributed by atoms with Gasteiger partial charge < -0.3 is 33.6 Å². The molecule has 11 heteroatoms. The lowest BCUT2D eigenvalue weighted by molar-refractivity contribution is -0.137. The summed E-state index contributed by atoms with van der Waals surface area (Å²) < 4.78 is 22.1. The van der Waals surface area contributed by atoms with Crippen molar-refractivity contribution in [1.29, 1.82) is 0 Å². The number of hydrogen-bond donors (Lipinski definition) is 3. The molecule has 2 aromatic carbocycles. The summed E-state index contributed by atoms with van der Waals surface area (Å²) in [5.74, 6) is -2.01. The smallest absolute Gasteiger partial charge is 0.311 e. The van der Waals surface area contributed by atoms with Crippen LogP contribution in [0, 0.1) is 0 Å². The standard InChI is InChI=1S/C25H20O11/c26-13(11-33-18-3-1-5-20-24(18)16(27)7-14(35-20)9-22(29)30)12-34-19-4-2-6-21-25(19)17(28)8-15(36-21)10-23(31)32/h1-8,13,26H,9-12H2,(H,29,30)(H,31,32). The second kappa shape index (κ2) is 10.3. The summed E-state index contributed by atoms with van der Waals surface area (Å²) >= 11 is 0. The second-order valence-corrected chi connectivity index (χ2v) is 7.83. The van der Waals surface area contributed by atoms with Gasteiger partial charge >= 0.3 is 11.9 Å². The lowest BCUT2D eigenvalue weighted by Gasteiger charge is -2.15. The first kappa shape index (κ1) is 24.5. The third-order valence-corrected chi connectivity index (χ3v) is 5.05. The van der Waals surface area contributed by atoms with Crippen molar-refractivity contribution in [1.82, 2.24) is 0 Å². The van der Waals surface area contributed by atoms with E-state index in [-0.39, 0.29) is 58.2 Å². The molecule has 0 aliphatic rings. The van der Waals surface area contributed by atoms with Crippen molar-refractivity contribution in [3.63, 3.8) is 0 Å². The summed E-state index contributed by atoms with van der Waals surface area (Å²) in [5, 5.41) is 28.4. The maximum atomic E-state index is 12.5. The molecule has 2 heterocycles. The lowest BCUT2D eigenvalue weighted by Crippen LogP contribution is -2.25. The van der Waals surface area contributed by atoms with Crippen molar-refractivity contribution in [2.45, 2.75) is 18.9 Å². The minimum Gasteiger partial charge on any atom is -0.490 e. The van der Waals surface area contributed by atoms with Gasteiger partial charge in [0, 0.05) is 12.1 Å². The molecule has 0 fully saturated rings. The summed E-state index contributed by atoms with van der Waals surface area (Å²) in [7, 11) is 0. The zero-order valence-electron chi connectivity index (χ0n) is 18.6. The topological polar surface area (TPSA) is 174 Å². The van der Waals surface area contributed by atoms with Crippen LogP contribution in [0.25, 0.3) is 21.9 Å². The number of hydrogen-bond acceptors (Lipinski definition) is 9. The van der Waals surface area contributed by atoms with Crippen molar-refractivity contribution in [3.05, 3.63) is 80.5 Å². The van der Waals surface area contributed by atoms with Crippen LogP contribution in [-0.2, 0) is 22.4 Å². The fourth-order valence-electron chi connectivity index (χ4n) is 3.59. The van der Waals surface area contributed by atoms with E-state index in [0.29, 0.717) is 0 Å². The predicted octanol–water partition coefficient (Wildman–Crippen LogP) is 1.97. The number of benzene rings is 2. The maximum absolute atomic E-state index is 12.5. The maximum Gasteiger partial charge on any atom is 0.311 e. The van der Waals surface area contributed by atoms with Crippen molar-refractivity contribution in [2.24, 2.45) is 0 Å². The van der Waals surface area contributed by atoms with Crippen LogP contribution < -0.4 is 20.3 Å². The van der Waals surface area contributed by atoms with Crippen molar-refractivity contribution in [2.75, 3.05) is 13.2 Å². The fraction of sp³-hybridized carbons (Fsp3) is 0.200. The molecular formula is C25H20O11. The first-order chi connectivity index (χ1) is 17.2. The van der Waals surface area contributed by atoms with Gasteiger partial charge in [0.2, 0.25) is 0 Å². The summed E-state index contributed by atoms with van der Waals surface area (Å²) in [4.78, 5) is 46.8. The monoisotopic (exact) mass is 496 g/mol. The zero-order chi connectivity index (χ0) is 25.8. The van der Waals surface area contributed by atoms with Gasteiger partial charge in [-0.1, -0.05) is 12.1 Å². The molecule has 0 bridgehead atoms. The summed E-state index contributed by atoms with van der Waals surface area (Å²) in [6.07, 6.45) is -2.05. The average molecular weight is 496 g/mol. The van der Waals surface area contributed by atoms with Gasteiger partial charge in [0.15, 0.2) is 10.9 Å². The predicted molar refractivity (Wildman–Crippen MR) is 125 cm³/mol. The molecule has 0 saturated heterocycles. The van der Waals surface area contributed by atoms with Gasteiger partial charge in [-0.3, -0.25) is 19.2 Å². The number of fused-ring (bicyclic) bond motifs is 2. The van der Waals surface area contributed by atoms with E-state index in [0.717, 1.165) is 12.1 Å². The molecule has 36 heavy (non-hydrogen) atoms. The van der Waals surface area contributed by atoms with E-state index in [1.165, 1.54) is 24.3 Å². The molecule has 0 amide bonds. The highest BCUT2D eigenvalue weighted by molar-refractivity contribution is 5.84. The van der Waals surface area contributed by atoms with Crippen LogP contribution in [0.4, 0.5) is 0 Å². The third kappa shape index (κ3) is 5.53. The first-order valence-corrected chi connectivity index (χ1v) is 10.7. The van der Waals surface area contributed by atoms with Gasteiger partial charge in [0.1, 0.15) is 77.1 Å². The van der Waals surface area contributed by atoms with Crippen LogP contribution in [0.5, 0.6) is 11.5 Å². The Labute approximate surface area is 201 Å². The Morgan fingerprint density at radius 3 is 1.56 bits per heavy atom. The van der Waals surface area contributed by atoms with E-state index in [1.807, 2.05) is 0 Å². The highest BCUT2D eigenvalue weighted by Gasteiger charge is 2.16. The number of rotatable bonds is 10. The Hall–Kier alpha value is -4.64. The van der Waals surface area contributed by atoms with Crippen LogP contribution >= 0.6 is 0 Å². The number of ether oxygens (including phenoxy) is 2. The number of aliphatic carboxylic acids is 2. The molecule has 0 aliphatic heterocycles. The van der Waals surface area contributed by atoms with E-state index < -0.39 is 41.7 Å². The minimum atomic E-state index is -1.16. The van der Waals surface area contributed by atoms with Gasteiger partial charge in [-0.05, 0) is 24.3 Å². The van der Waals surface area contributed by atoms with Gasteiger partial charge in [-0.15, -0.1) is 0 Å². The van der Waals surface area contributed by atoms with E-state index in [9.17, 15) is 24.3 Å². The molecule has 2 aromatic heterocycles. The molecule has 4 rings (SSSR count). The molecule has 0 spiro atoms. The number of aliphatic hydroxyl groups excluding tert-OH is 1. The van der Waals surface area contributed by atoms with Gasteiger partial charge in [-0.25, -0.2) is 0 Å². The molecule has 0 atom stereocenters. The molecular weight excluding hydrogens is 476 g/mol. The Bertz CT molecular complexity index is 1450. The van der Waals surface area contributed by atoms with Crippen LogP contribution in [0.3, 0.4) is 0 Å². The van der Waals surface area contributed by atoms with Crippen molar-refractivity contribution < 1.29 is 43.2 Å². The Kier molecular flexibility index (Phi) is 7.02. The SMILES string of the molecule is O=C(O)Cc1cc(=O)c2c(OCC(O)COc3cccc4oc(CC(=O)O)cc(=O)c34)cccc2o1. The zero-order valence-corrected chi connectivity index (χ0v) is 18.6. The van der Waals surface area contributed by atoms with E-state index in [1.54, 1.807) is 12.1 Å². The Morgan fingerprint density at radius 2 is 1.17 bits per heavy atom. The highest BCUT2D eigenvalue weighted by Crippen LogP contribution is 2.25. The second-order valence-electron chi connectivity index (χ2n) is 7.83. The number of aliphatic hydroxyl groups is 1.